The number of hydrogen-bond donors (Lipinski definition) is 1. The van der Waals surface area contributed by atoms with Crippen LogP contribution in [-0.4, -0.2) is 6.04 Å². The average Bonchev–Trinajstić information content (AvgIpc) is 2.33. The first-order valence-corrected chi connectivity index (χ1v) is 7.03. The monoisotopic (exact) mass is 231 g/mol. The van der Waals surface area contributed by atoms with Crippen LogP contribution in [0.25, 0.3) is 0 Å². The Balaban J connectivity index is 2.00. The average molecular weight is 231 g/mol. The van der Waals surface area contributed by atoms with Crippen LogP contribution in [0, 0.1) is 19.8 Å². The van der Waals surface area contributed by atoms with Crippen molar-refractivity contribution in [3.8, 4) is 0 Å². The molecule has 2 rings (SSSR count). The Morgan fingerprint density at radius 1 is 1.24 bits per heavy atom. The topological polar surface area (TPSA) is 12.0 Å². The molecule has 2 unspecified atom stereocenters. The molecule has 1 aromatic carbocycles. The summed E-state index contributed by atoms with van der Waals surface area (Å²) in [5.74, 6) is 0.937. The molecule has 1 saturated carbocycles. The standard InChI is InChI=1S/C16H25N/c1-4-14-6-5-7-15(11-14)17-16-9-8-12(2)10-13(16)3/h8-10,14-15,17H,4-7,11H2,1-3H3. The highest BCUT2D eigenvalue weighted by Gasteiger charge is 2.20. The summed E-state index contributed by atoms with van der Waals surface area (Å²) in [5.41, 5.74) is 4.06. The first-order valence-electron chi connectivity index (χ1n) is 7.03. The first kappa shape index (κ1) is 12.5. The molecule has 94 valence electrons. The third kappa shape index (κ3) is 3.24. The zero-order valence-electron chi connectivity index (χ0n) is 11.4. The number of hydrogen-bond acceptors (Lipinski definition) is 1. The Hall–Kier alpha value is -0.980. The predicted molar refractivity (Wildman–Crippen MR) is 75.6 cm³/mol. The van der Waals surface area contributed by atoms with Gasteiger partial charge in [-0.05, 0) is 44.2 Å². The highest BCUT2D eigenvalue weighted by atomic mass is 14.9. The smallest absolute Gasteiger partial charge is 0.0372 e. The molecular weight excluding hydrogens is 206 g/mol. The zero-order valence-corrected chi connectivity index (χ0v) is 11.4. The van der Waals surface area contributed by atoms with Gasteiger partial charge in [0.15, 0.2) is 0 Å². The number of anilines is 1. The number of nitrogens with one attached hydrogen (secondary N) is 1. The second-order valence-electron chi connectivity index (χ2n) is 5.60. The van der Waals surface area contributed by atoms with Gasteiger partial charge in [-0.15, -0.1) is 0 Å². The lowest BCUT2D eigenvalue weighted by Gasteiger charge is -2.30. The Bertz CT molecular complexity index is 370. The van der Waals surface area contributed by atoms with Gasteiger partial charge in [0, 0.05) is 11.7 Å². The van der Waals surface area contributed by atoms with Crippen LogP contribution in [0.1, 0.15) is 50.2 Å². The molecule has 1 N–H and O–H groups in total. The second kappa shape index (κ2) is 5.57. The number of benzene rings is 1. The van der Waals surface area contributed by atoms with Gasteiger partial charge in [0.25, 0.3) is 0 Å². The van der Waals surface area contributed by atoms with E-state index in [2.05, 4.69) is 44.3 Å². The fourth-order valence-corrected chi connectivity index (χ4v) is 2.99. The van der Waals surface area contributed by atoms with Gasteiger partial charge in [-0.3, -0.25) is 0 Å². The highest BCUT2D eigenvalue weighted by Crippen LogP contribution is 2.29. The third-order valence-corrected chi connectivity index (χ3v) is 4.10. The highest BCUT2D eigenvalue weighted by molar-refractivity contribution is 5.52. The molecule has 1 nitrogen and oxygen atoms in total. The predicted octanol–water partition coefficient (Wildman–Crippen LogP) is 4.68. The van der Waals surface area contributed by atoms with Crippen LogP contribution in [0.3, 0.4) is 0 Å². The molecular formula is C16H25N. The van der Waals surface area contributed by atoms with Crippen molar-refractivity contribution in [1.29, 1.82) is 0 Å². The SMILES string of the molecule is CCC1CCCC(Nc2ccc(C)cc2C)C1. The van der Waals surface area contributed by atoms with E-state index in [4.69, 9.17) is 0 Å². The van der Waals surface area contributed by atoms with Crippen molar-refractivity contribution in [2.24, 2.45) is 5.92 Å². The van der Waals surface area contributed by atoms with Crippen LogP contribution < -0.4 is 5.32 Å². The van der Waals surface area contributed by atoms with Gasteiger partial charge in [0.05, 0.1) is 0 Å². The lowest BCUT2D eigenvalue weighted by Crippen LogP contribution is -2.27. The maximum absolute atomic E-state index is 3.74. The lowest BCUT2D eigenvalue weighted by molar-refractivity contribution is 0.327. The second-order valence-corrected chi connectivity index (χ2v) is 5.60. The van der Waals surface area contributed by atoms with Crippen LogP contribution in [-0.2, 0) is 0 Å². The number of rotatable bonds is 3. The van der Waals surface area contributed by atoms with Crippen molar-refractivity contribution in [2.45, 2.75) is 58.9 Å². The Morgan fingerprint density at radius 3 is 2.76 bits per heavy atom. The summed E-state index contributed by atoms with van der Waals surface area (Å²) in [7, 11) is 0. The lowest BCUT2D eigenvalue weighted by atomic mass is 9.84. The molecule has 0 aliphatic heterocycles. The molecule has 0 amide bonds. The maximum Gasteiger partial charge on any atom is 0.0372 e. The van der Waals surface area contributed by atoms with Crippen LogP contribution in [0.2, 0.25) is 0 Å². The molecule has 0 bridgehead atoms. The molecule has 1 aliphatic rings. The molecule has 0 saturated heterocycles. The summed E-state index contributed by atoms with van der Waals surface area (Å²) in [6.45, 7) is 6.68. The zero-order chi connectivity index (χ0) is 12.3. The van der Waals surface area contributed by atoms with Gasteiger partial charge in [-0.1, -0.05) is 43.9 Å². The van der Waals surface area contributed by atoms with Gasteiger partial charge in [-0.2, -0.15) is 0 Å². The van der Waals surface area contributed by atoms with Gasteiger partial charge in [0.2, 0.25) is 0 Å². The van der Waals surface area contributed by atoms with Crippen molar-refractivity contribution in [3.05, 3.63) is 29.3 Å². The van der Waals surface area contributed by atoms with Crippen LogP contribution >= 0.6 is 0 Å². The molecule has 1 aromatic rings. The minimum Gasteiger partial charge on any atom is -0.382 e. The maximum atomic E-state index is 3.74. The van der Waals surface area contributed by atoms with E-state index in [1.807, 2.05) is 0 Å². The van der Waals surface area contributed by atoms with E-state index in [0.717, 1.165) is 5.92 Å². The molecule has 2 atom stereocenters. The minimum atomic E-state index is 0.690. The van der Waals surface area contributed by atoms with E-state index < -0.39 is 0 Å². The summed E-state index contributed by atoms with van der Waals surface area (Å²) in [4.78, 5) is 0. The van der Waals surface area contributed by atoms with Gasteiger partial charge >= 0.3 is 0 Å². The van der Waals surface area contributed by atoms with Crippen molar-refractivity contribution >= 4 is 5.69 Å². The van der Waals surface area contributed by atoms with E-state index in [9.17, 15) is 0 Å². The summed E-state index contributed by atoms with van der Waals surface area (Å²) in [6.07, 6.45) is 6.85. The van der Waals surface area contributed by atoms with E-state index in [0.29, 0.717) is 6.04 Å². The Morgan fingerprint density at radius 2 is 2.06 bits per heavy atom. The largest absolute Gasteiger partial charge is 0.382 e. The summed E-state index contributed by atoms with van der Waals surface area (Å²) >= 11 is 0. The Labute approximate surface area is 106 Å². The molecule has 1 aliphatic carbocycles. The van der Waals surface area contributed by atoms with Gasteiger partial charge in [-0.25, -0.2) is 0 Å². The van der Waals surface area contributed by atoms with E-state index >= 15 is 0 Å². The van der Waals surface area contributed by atoms with E-state index in [1.165, 1.54) is 48.9 Å². The summed E-state index contributed by atoms with van der Waals surface area (Å²) in [6, 6.07) is 7.40. The molecule has 1 fully saturated rings. The normalized spacial score (nSPS) is 24.6. The van der Waals surface area contributed by atoms with E-state index in [-0.39, 0.29) is 0 Å². The van der Waals surface area contributed by atoms with Crippen LogP contribution in [0.5, 0.6) is 0 Å². The minimum absolute atomic E-state index is 0.690. The fraction of sp³-hybridized carbons (Fsp3) is 0.625. The van der Waals surface area contributed by atoms with Gasteiger partial charge in [0.1, 0.15) is 0 Å². The summed E-state index contributed by atoms with van der Waals surface area (Å²) < 4.78 is 0. The first-order chi connectivity index (χ1) is 8.19. The fourth-order valence-electron chi connectivity index (χ4n) is 2.99. The third-order valence-electron chi connectivity index (χ3n) is 4.10. The van der Waals surface area contributed by atoms with Crippen molar-refractivity contribution in [3.63, 3.8) is 0 Å². The van der Waals surface area contributed by atoms with Crippen molar-refractivity contribution < 1.29 is 0 Å². The molecule has 0 spiro atoms. The van der Waals surface area contributed by atoms with Crippen LogP contribution in [0.4, 0.5) is 5.69 Å². The molecule has 17 heavy (non-hydrogen) atoms. The van der Waals surface area contributed by atoms with Crippen molar-refractivity contribution in [2.75, 3.05) is 5.32 Å². The quantitative estimate of drug-likeness (QED) is 0.796. The molecule has 0 heterocycles. The van der Waals surface area contributed by atoms with Crippen molar-refractivity contribution in [1.82, 2.24) is 0 Å². The molecule has 1 heteroatoms. The Kier molecular flexibility index (Phi) is 4.09. The van der Waals surface area contributed by atoms with Gasteiger partial charge < -0.3 is 5.32 Å². The van der Waals surface area contributed by atoms with Crippen LogP contribution in [0.15, 0.2) is 18.2 Å². The summed E-state index contributed by atoms with van der Waals surface area (Å²) in [5, 5.41) is 3.74. The number of aryl methyl sites for hydroxylation is 2. The molecule has 0 radical (unpaired) electrons. The van der Waals surface area contributed by atoms with E-state index in [1.54, 1.807) is 0 Å². The molecule has 0 aromatic heterocycles.